The molecule has 0 radical (unpaired) electrons. The summed E-state index contributed by atoms with van der Waals surface area (Å²) in [6.07, 6.45) is -0.392. The van der Waals surface area contributed by atoms with Gasteiger partial charge in [-0.05, 0) is 13.8 Å². The van der Waals surface area contributed by atoms with Gasteiger partial charge < -0.3 is 14.8 Å². The Morgan fingerprint density at radius 1 is 1.50 bits per heavy atom. The molecule has 102 valence electrons. The minimum Gasteiger partial charge on any atom is -0.444 e. The third-order valence-corrected chi connectivity index (χ3v) is 2.45. The van der Waals surface area contributed by atoms with Crippen molar-refractivity contribution in [1.82, 2.24) is 10.3 Å². The highest BCUT2D eigenvalue weighted by Gasteiger charge is 2.23. The lowest BCUT2D eigenvalue weighted by atomic mass is 9.97. The van der Waals surface area contributed by atoms with Crippen molar-refractivity contribution in [2.75, 3.05) is 6.54 Å². The first kappa shape index (κ1) is 14.7. The largest absolute Gasteiger partial charge is 0.444 e. The number of oxazole rings is 1. The van der Waals surface area contributed by atoms with Crippen LogP contribution in [0.1, 0.15) is 45.0 Å². The van der Waals surface area contributed by atoms with Crippen molar-refractivity contribution >= 4 is 5.91 Å². The maximum atomic E-state index is 11.6. The van der Waals surface area contributed by atoms with Gasteiger partial charge >= 0.3 is 0 Å². The van der Waals surface area contributed by atoms with E-state index in [1.807, 2.05) is 27.7 Å². The van der Waals surface area contributed by atoms with E-state index in [0.717, 1.165) is 5.69 Å². The van der Waals surface area contributed by atoms with Crippen molar-refractivity contribution in [3.05, 3.63) is 17.3 Å². The van der Waals surface area contributed by atoms with E-state index in [-0.39, 0.29) is 24.3 Å². The third-order valence-electron chi connectivity index (χ3n) is 2.45. The SMILES string of the molecule is Cc1nc(C(C)(C)C)oc1CC(=O)NCC(C)O. The summed E-state index contributed by atoms with van der Waals surface area (Å²) in [5.74, 6) is 1.05. The molecule has 0 fully saturated rings. The van der Waals surface area contributed by atoms with Gasteiger partial charge in [-0.1, -0.05) is 20.8 Å². The molecule has 2 N–H and O–H groups in total. The number of amides is 1. The Kier molecular flexibility index (Phi) is 4.51. The van der Waals surface area contributed by atoms with Crippen molar-refractivity contribution in [3.8, 4) is 0 Å². The van der Waals surface area contributed by atoms with Gasteiger partial charge in [0.2, 0.25) is 5.91 Å². The molecule has 0 saturated carbocycles. The molecule has 0 aliphatic rings. The first-order chi connectivity index (χ1) is 8.20. The van der Waals surface area contributed by atoms with Gasteiger partial charge in [-0.2, -0.15) is 0 Å². The fourth-order valence-electron chi connectivity index (χ4n) is 1.38. The smallest absolute Gasteiger partial charge is 0.227 e. The first-order valence-corrected chi connectivity index (χ1v) is 6.11. The molecule has 0 bridgehead atoms. The fraction of sp³-hybridized carbons (Fsp3) is 0.692. The molecule has 5 nitrogen and oxygen atoms in total. The van der Waals surface area contributed by atoms with Gasteiger partial charge in [-0.3, -0.25) is 4.79 Å². The van der Waals surface area contributed by atoms with Gasteiger partial charge in [0.05, 0.1) is 18.2 Å². The molecule has 0 aliphatic carbocycles. The van der Waals surface area contributed by atoms with Gasteiger partial charge in [0, 0.05) is 12.0 Å². The lowest BCUT2D eigenvalue weighted by molar-refractivity contribution is -0.121. The highest BCUT2D eigenvalue weighted by Crippen LogP contribution is 2.23. The minimum absolute atomic E-state index is 0.154. The van der Waals surface area contributed by atoms with Crippen LogP contribution >= 0.6 is 0 Å². The molecule has 5 heteroatoms. The summed E-state index contributed by atoms with van der Waals surface area (Å²) < 4.78 is 5.62. The number of nitrogens with one attached hydrogen (secondary N) is 1. The monoisotopic (exact) mass is 254 g/mol. The highest BCUT2D eigenvalue weighted by molar-refractivity contribution is 5.78. The number of aliphatic hydroxyl groups is 1. The van der Waals surface area contributed by atoms with Crippen LogP contribution in [0, 0.1) is 6.92 Å². The Bertz CT molecular complexity index is 416. The van der Waals surface area contributed by atoms with Crippen LogP contribution in [0.15, 0.2) is 4.42 Å². The van der Waals surface area contributed by atoms with E-state index in [4.69, 9.17) is 9.52 Å². The van der Waals surface area contributed by atoms with E-state index in [2.05, 4.69) is 10.3 Å². The molecule has 1 aromatic heterocycles. The predicted octanol–water partition coefficient (Wildman–Crippen LogP) is 1.32. The average Bonchev–Trinajstić information content (AvgIpc) is 2.57. The third kappa shape index (κ3) is 4.14. The number of carbonyl (C=O) groups excluding carboxylic acids is 1. The summed E-state index contributed by atoms with van der Waals surface area (Å²) in [6.45, 7) is 9.73. The molecule has 1 heterocycles. The number of hydrogen-bond acceptors (Lipinski definition) is 4. The molecule has 1 aromatic rings. The van der Waals surface area contributed by atoms with Crippen LogP contribution in [-0.4, -0.2) is 28.6 Å². The summed E-state index contributed by atoms with van der Waals surface area (Å²) in [5, 5.41) is 11.7. The van der Waals surface area contributed by atoms with Gasteiger partial charge in [0.15, 0.2) is 5.89 Å². The molecule has 0 aliphatic heterocycles. The van der Waals surface area contributed by atoms with Crippen molar-refractivity contribution in [3.63, 3.8) is 0 Å². The highest BCUT2D eigenvalue weighted by atomic mass is 16.4. The second kappa shape index (κ2) is 5.52. The van der Waals surface area contributed by atoms with E-state index in [1.54, 1.807) is 6.92 Å². The molecule has 1 unspecified atom stereocenters. The van der Waals surface area contributed by atoms with E-state index in [0.29, 0.717) is 11.7 Å². The zero-order chi connectivity index (χ0) is 13.9. The van der Waals surface area contributed by atoms with Crippen molar-refractivity contribution in [2.24, 2.45) is 0 Å². The van der Waals surface area contributed by atoms with E-state index in [1.165, 1.54) is 0 Å². The van der Waals surface area contributed by atoms with Crippen molar-refractivity contribution < 1.29 is 14.3 Å². The molecular weight excluding hydrogens is 232 g/mol. The van der Waals surface area contributed by atoms with Gasteiger partial charge in [0.1, 0.15) is 5.76 Å². The van der Waals surface area contributed by atoms with Crippen LogP contribution in [0.3, 0.4) is 0 Å². The number of aromatic nitrogens is 1. The maximum absolute atomic E-state index is 11.6. The topological polar surface area (TPSA) is 75.4 Å². The van der Waals surface area contributed by atoms with Gasteiger partial charge in [-0.15, -0.1) is 0 Å². The quantitative estimate of drug-likeness (QED) is 0.849. The normalized spacial score (nSPS) is 13.4. The average molecular weight is 254 g/mol. The van der Waals surface area contributed by atoms with E-state index < -0.39 is 6.10 Å². The van der Waals surface area contributed by atoms with Gasteiger partial charge in [-0.25, -0.2) is 4.98 Å². The molecule has 1 atom stereocenters. The number of aliphatic hydroxyl groups excluding tert-OH is 1. The summed E-state index contributed by atoms with van der Waals surface area (Å²) in [5.41, 5.74) is 0.575. The maximum Gasteiger partial charge on any atom is 0.227 e. The van der Waals surface area contributed by atoms with Crippen LogP contribution in [-0.2, 0) is 16.6 Å². The Balaban J connectivity index is 2.68. The van der Waals surface area contributed by atoms with Crippen LogP contribution in [0.25, 0.3) is 0 Å². The van der Waals surface area contributed by atoms with Crippen LogP contribution in [0.4, 0.5) is 0 Å². The minimum atomic E-state index is -0.546. The Labute approximate surface area is 108 Å². The first-order valence-electron chi connectivity index (χ1n) is 6.11. The molecule has 0 spiro atoms. The van der Waals surface area contributed by atoms with Gasteiger partial charge in [0.25, 0.3) is 0 Å². The predicted molar refractivity (Wildman–Crippen MR) is 68.3 cm³/mol. The number of nitrogens with zero attached hydrogens (tertiary/aromatic N) is 1. The summed E-state index contributed by atoms with van der Waals surface area (Å²) in [4.78, 5) is 16.0. The Morgan fingerprint density at radius 3 is 2.56 bits per heavy atom. The molecule has 1 amide bonds. The lowest BCUT2D eigenvalue weighted by Crippen LogP contribution is -2.31. The van der Waals surface area contributed by atoms with E-state index >= 15 is 0 Å². The summed E-state index contributed by atoms with van der Waals surface area (Å²) in [6, 6.07) is 0. The lowest BCUT2D eigenvalue weighted by Gasteiger charge is -2.12. The van der Waals surface area contributed by atoms with Crippen LogP contribution in [0.5, 0.6) is 0 Å². The molecule has 0 saturated heterocycles. The van der Waals surface area contributed by atoms with Crippen molar-refractivity contribution in [1.29, 1.82) is 0 Å². The number of rotatable bonds is 4. The number of aryl methyl sites for hydroxylation is 1. The Hall–Kier alpha value is -1.36. The number of hydrogen-bond donors (Lipinski definition) is 2. The fourth-order valence-corrected chi connectivity index (χ4v) is 1.38. The zero-order valence-corrected chi connectivity index (χ0v) is 11.7. The molecule has 18 heavy (non-hydrogen) atoms. The second-order valence-electron chi connectivity index (χ2n) is 5.61. The van der Waals surface area contributed by atoms with Crippen LogP contribution < -0.4 is 5.32 Å². The number of carbonyl (C=O) groups is 1. The van der Waals surface area contributed by atoms with E-state index in [9.17, 15) is 4.79 Å². The molecular formula is C13H22N2O3. The molecule has 1 rings (SSSR count). The standard InChI is InChI=1S/C13H22N2O3/c1-8(16)7-14-11(17)6-10-9(2)15-12(18-10)13(3,4)5/h8,16H,6-7H2,1-5H3,(H,14,17). The van der Waals surface area contributed by atoms with Crippen molar-refractivity contribution in [2.45, 2.75) is 52.6 Å². The Morgan fingerprint density at radius 2 is 2.11 bits per heavy atom. The summed E-state index contributed by atoms with van der Waals surface area (Å²) in [7, 11) is 0. The summed E-state index contributed by atoms with van der Waals surface area (Å²) >= 11 is 0. The molecule has 0 aromatic carbocycles. The zero-order valence-electron chi connectivity index (χ0n) is 11.7. The second-order valence-corrected chi connectivity index (χ2v) is 5.61. The van der Waals surface area contributed by atoms with Crippen LogP contribution in [0.2, 0.25) is 0 Å².